The van der Waals surface area contributed by atoms with Crippen LogP contribution in [0.1, 0.15) is 5.56 Å². The molecule has 0 saturated carbocycles. The molecule has 0 aliphatic carbocycles. The fourth-order valence-electron chi connectivity index (χ4n) is 2.00. The molecular weight excluding hydrogens is 451 g/mol. The number of anilines is 1. The normalized spacial score (nSPS) is 10.4. The number of ether oxygens (including phenoxy) is 2. The summed E-state index contributed by atoms with van der Waals surface area (Å²) in [4.78, 5) is 12.0. The van der Waals surface area contributed by atoms with Gasteiger partial charge in [0.2, 0.25) is 5.91 Å². The minimum Gasteiger partial charge on any atom is -0.493 e. The van der Waals surface area contributed by atoms with E-state index in [9.17, 15) is 4.79 Å². The summed E-state index contributed by atoms with van der Waals surface area (Å²) in [5.74, 6) is 0.908. The first-order valence-electron chi connectivity index (χ1n) is 7.30. The van der Waals surface area contributed by atoms with Crippen LogP contribution in [-0.4, -0.2) is 25.2 Å². The molecule has 5 nitrogen and oxygen atoms in total. The maximum atomic E-state index is 12.0. The third-order valence-corrected chi connectivity index (χ3v) is 4.34. The first-order valence-corrected chi connectivity index (χ1v) is 8.79. The standard InChI is InChI=1S/C18H17IN2O3S/c1-23-15-9-7-12(11-16(15)24-2)8-10-17(22)21-18(25)20-14-6-4-3-5-13(14)19/h3-11H,1-2H3,(H2,20,21,22,25). The van der Waals surface area contributed by atoms with Gasteiger partial charge in [-0.3, -0.25) is 10.1 Å². The minimum atomic E-state index is -0.321. The third-order valence-electron chi connectivity index (χ3n) is 3.19. The van der Waals surface area contributed by atoms with Gasteiger partial charge in [-0.1, -0.05) is 18.2 Å². The molecule has 0 spiro atoms. The van der Waals surface area contributed by atoms with Crippen molar-refractivity contribution in [2.24, 2.45) is 0 Å². The number of carbonyl (C=O) groups is 1. The molecule has 2 aromatic carbocycles. The predicted octanol–water partition coefficient (Wildman–Crippen LogP) is 3.83. The van der Waals surface area contributed by atoms with Gasteiger partial charge in [0.05, 0.1) is 19.9 Å². The lowest BCUT2D eigenvalue weighted by Gasteiger charge is -2.09. The van der Waals surface area contributed by atoms with Crippen molar-refractivity contribution in [2.75, 3.05) is 19.5 Å². The van der Waals surface area contributed by atoms with Crippen molar-refractivity contribution < 1.29 is 14.3 Å². The van der Waals surface area contributed by atoms with E-state index < -0.39 is 0 Å². The Hall–Kier alpha value is -2.13. The second kappa shape index (κ2) is 9.38. The molecule has 0 aliphatic heterocycles. The van der Waals surface area contributed by atoms with Gasteiger partial charge in [0, 0.05) is 9.65 Å². The first-order chi connectivity index (χ1) is 12.0. The maximum Gasteiger partial charge on any atom is 0.250 e. The summed E-state index contributed by atoms with van der Waals surface area (Å²) in [5.41, 5.74) is 1.65. The van der Waals surface area contributed by atoms with E-state index in [0.717, 1.165) is 14.8 Å². The van der Waals surface area contributed by atoms with Crippen molar-refractivity contribution in [1.82, 2.24) is 5.32 Å². The van der Waals surface area contributed by atoms with Crippen LogP contribution in [-0.2, 0) is 4.79 Å². The molecule has 130 valence electrons. The Morgan fingerprint density at radius 3 is 2.52 bits per heavy atom. The quantitative estimate of drug-likeness (QED) is 0.397. The van der Waals surface area contributed by atoms with Crippen LogP contribution in [0.4, 0.5) is 5.69 Å². The molecule has 0 aliphatic rings. The lowest BCUT2D eigenvalue weighted by atomic mass is 10.2. The van der Waals surface area contributed by atoms with Crippen LogP contribution in [0.3, 0.4) is 0 Å². The number of methoxy groups -OCH3 is 2. The predicted molar refractivity (Wildman–Crippen MR) is 112 cm³/mol. The average molecular weight is 468 g/mol. The summed E-state index contributed by atoms with van der Waals surface area (Å²) in [7, 11) is 3.13. The number of nitrogens with one attached hydrogen (secondary N) is 2. The smallest absolute Gasteiger partial charge is 0.250 e. The maximum absolute atomic E-state index is 12.0. The summed E-state index contributed by atoms with van der Waals surface area (Å²) in [5, 5.41) is 5.85. The molecule has 0 unspecified atom stereocenters. The Morgan fingerprint density at radius 2 is 1.84 bits per heavy atom. The Morgan fingerprint density at radius 1 is 1.12 bits per heavy atom. The first kappa shape index (κ1) is 19.2. The molecule has 0 atom stereocenters. The van der Waals surface area contributed by atoms with E-state index in [1.165, 1.54) is 6.08 Å². The van der Waals surface area contributed by atoms with Crippen LogP contribution in [0.2, 0.25) is 0 Å². The number of rotatable bonds is 5. The second-order valence-electron chi connectivity index (χ2n) is 4.87. The van der Waals surface area contributed by atoms with Crippen molar-refractivity contribution in [1.29, 1.82) is 0 Å². The lowest BCUT2D eigenvalue weighted by Crippen LogP contribution is -2.33. The molecule has 1 amide bonds. The van der Waals surface area contributed by atoms with E-state index >= 15 is 0 Å². The summed E-state index contributed by atoms with van der Waals surface area (Å²) >= 11 is 7.35. The zero-order valence-electron chi connectivity index (χ0n) is 13.7. The summed E-state index contributed by atoms with van der Waals surface area (Å²) in [6.07, 6.45) is 3.08. The van der Waals surface area contributed by atoms with Crippen LogP contribution in [0, 0.1) is 3.57 Å². The van der Waals surface area contributed by atoms with E-state index in [1.807, 2.05) is 30.3 Å². The van der Waals surface area contributed by atoms with E-state index in [0.29, 0.717) is 11.5 Å². The van der Waals surface area contributed by atoms with Crippen molar-refractivity contribution in [3.8, 4) is 11.5 Å². The number of hydrogen-bond donors (Lipinski definition) is 2. The number of hydrogen-bond acceptors (Lipinski definition) is 4. The molecule has 0 radical (unpaired) electrons. The SMILES string of the molecule is COc1ccc(C=CC(=O)NC(=S)Nc2ccccc2I)cc1OC. The molecule has 0 heterocycles. The Kier molecular flexibility index (Phi) is 7.20. The molecule has 2 N–H and O–H groups in total. The van der Waals surface area contributed by atoms with Crippen molar-refractivity contribution in [2.45, 2.75) is 0 Å². The summed E-state index contributed by atoms with van der Waals surface area (Å²) in [6.45, 7) is 0. The molecule has 0 aromatic heterocycles. The molecule has 2 rings (SSSR count). The van der Waals surface area contributed by atoms with Crippen LogP contribution >= 0.6 is 34.8 Å². The van der Waals surface area contributed by atoms with Gasteiger partial charge in [0.25, 0.3) is 0 Å². The van der Waals surface area contributed by atoms with Gasteiger partial charge < -0.3 is 14.8 Å². The van der Waals surface area contributed by atoms with Crippen LogP contribution < -0.4 is 20.1 Å². The van der Waals surface area contributed by atoms with Gasteiger partial charge in [0.1, 0.15) is 0 Å². The van der Waals surface area contributed by atoms with Gasteiger partial charge in [-0.15, -0.1) is 0 Å². The van der Waals surface area contributed by atoms with Gasteiger partial charge in [-0.2, -0.15) is 0 Å². The van der Waals surface area contributed by atoms with E-state index in [4.69, 9.17) is 21.7 Å². The van der Waals surface area contributed by atoms with E-state index in [1.54, 1.807) is 32.4 Å². The van der Waals surface area contributed by atoms with Crippen molar-refractivity contribution >= 4 is 57.6 Å². The van der Waals surface area contributed by atoms with Crippen LogP contribution in [0.5, 0.6) is 11.5 Å². The fraction of sp³-hybridized carbons (Fsp3) is 0.111. The number of para-hydroxylation sites is 1. The number of thiocarbonyl (C=S) groups is 1. The summed E-state index contributed by atoms with van der Waals surface area (Å²) in [6, 6.07) is 13.1. The van der Waals surface area contributed by atoms with Crippen LogP contribution in [0.25, 0.3) is 6.08 Å². The van der Waals surface area contributed by atoms with Gasteiger partial charge in [0.15, 0.2) is 16.6 Å². The number of halogens is 1. The molecule has 25 heavy (non-hydrogen) atoms. The Bertz CT molecular complexity index is 809. The largest absolute Gasteiger partial charge is 0.493 e. The average Bonchev–Trinajstić information content (AvgIpc) is 2.61. The van der Waals surface area contributed by atoms with Crippen LogP contribution in [0.15, 0.2) is 48.5 Å². The highest BCUT2D eigenvalue weighted by molar-refractivity contribution is 14.1. The number of benzene rings is 2. The molecule has 0 fully saturated rings. The van der Waals surface area contributed by atoms with Gasteiger partial charge in [-0.25, -0.2) is 0 Å². The summed E-state index contributed by atoms with van der Waals surface area (Å²) < 4.78 is 11.4. The Labute approximate surface area is 165 Å². The van der Waals surface area contributed by atoms with E-state index in [2.05, 4.69) is 33.2 Å². The molecule has 0 saturated heterocycles. The monoisotopic (exact) mass is 468 g/mol. The Balaban J connectivity index is 1.96. The van der Waals surface area contributed by atoms with Gasteiger partial charge >= 0.3 is 0 Å². The fourth-order valence-corrected chi connectivity index (χ4v) is 2.73. The highest BCUT2D eigenvalue weighted by Crippen LogP contribution is 2.27. The van der Waals surface area contributed by atoms with Crippen molar-refractivity contribution in [3.63, 3.8) is 0 Å². The number of carbonyl (C=O) groups excluding carboxylic acids is 1. The molecular formula is C18H17IN2O3S. The second-order valence-corrected chi connectivity index (χ2v) is 6.44. The zero-order chi connectivity index (χ0) is 18.2. The highest BCUT2D eigenvalue weighted by atomic mass is 127. The van der Waals surface area contributed by atoms with E-state index in [-0.39, 0.29) is 11.0 Å². The van der Waals surface area contributed by atoms with Crippen molar-refractivity contribution in [3.05, 3.63) is 57.7 Å². The minimum absolute atomic E-state index is 0.242. The molecule has 7 heteroatoms. The lowest BCUT2D eigenvalue weighted by molar-refractivity contribution is -0.115. The molecule has 2 aromatic rings. The highest BCUT2D eigenvalue weighted by Gasteiger charge is 2.05. The van der Waals surface area contributed by atoms with Gasteiger partial charge in [-0.05, 0) is 70.7 Å². The molecule has 0 bridgehead atoms. The third kappa shape index (κ3) is 5.71. The topological polar surface area (TPSA) is 59.6 Å². The number of amides is 1. The zero-order valence-corrected chi connectivity index (χ0v) is 16.7.